The third-order valence-electron chi connectivity index (χ3n) is 3.37. The number of hydrogen-bond acceptors (Lipinski definition) is 3. The van der Waals surface area contributed by atoms with Crippen molar-refractivity contribution in [1.29, 1.82) is 0 Å². The highest BCUT2D eigenvalue weighted by molar-refractivity contribution is 5.81. The number of carbonyl (C=O) groups is 1. The van der Waals surface area contributed by atoms with Crippen LogP contribution < -0.4 is 10.6 Å². The maximum Gasteiger partial charge on any atom is 0.249 e. The second kappa shape index (κ2) is 4.49. The fourth-order valence-corrected chi connectivity index (χ4v) is 2.27. The molecule has 4 atom stereocenters. The Morgan fingerprint density at radius 2 is 2.13 bits per heavy atom. The van der Waals surface area contributed by atoms with Crippen LogP contribution in [0.1, 0.15) is 26.7 Å². The topological polar surface area (TPSA) is 50.4 Å². The van der Waals surface area contributed by atoms with E-state index in [0.29, 0.717) is 5.92 Å². The first-order chi connectivity index (χ1) is 7.16. The van der Waals surface area contributed by atoms with Crippen LogP contribution in [0.4, 0.5) is 0 Å². The predicted molar refractivity (Wildman–Crippen MR) is 57.5 cm³/mol. The molecule has 0 radical (unpaired) electrons. The van der Waals surface area contributed by atoms with E-state index < -0.39 is 0 Å². The Hall–Kier alpha value is -0.610. The highest BCUT2D eigenvalue weighted by atomic mass is 16.5. The average Bonchev–Trinajstić information content (AvgIpc) is 2.77. The molecule has 0 aromatic heterocycles. The van der Waals surface area contributed by atoms with E-state index in [1.807, 2.05) is 6.92 Å². The van der Waals surface area contributed by atoms with Gasteiger partial charge in [0.05, 0.1) is 6.10 Å². The molecule has 4 nitrogen and oxygen atoms in total. The van der Waals surface area contributed by atoms with E-state index in [2.05, 4.69) is 17.6 Å². The molecule has 15 heavy (non-hydrogen) atoms. The molecule has 2 N–H and O–H groups in total. The summed E-state index contributed by atoms with van der Waals surface area (Å²) in [5, 5.41) is 6.34. The molecule has 0 saturated carbocycles. The summed E-state index contributed by atoms with van der Waals surface area (Å²) in [5.74, 6) is 0.590. The summed E-state index contributed by atoms with van der Waals surface area (Å²) in [4.78, 5) is 11.8. The van der Waals surface area contributed by atoms with E-state index in [0.717, 1.165) is 25.9 Å². The molecule has 0 aromatic carbocycles. The molecular formula is C11H20N2O2. The Balaban J connectivity index is 1.81. The number of carbonyl (C=O) groups excluding carboxylic acids is 1. The smallest absolute Gasteiger partial charge is 0.249 e. The molecule has 4 unspecified atom stereocenters. The van der Waals surface area contributed by atoms with Gasteiger partial charge < -0.3 is 15.4 Å². The number of amides is 1. The van der Waals surface area contributed by atoms with E-state index >= 15 is 0 Å². The number of nitrogens with one attached hydrogen (secondary N) is 2. The second-order valence-electron chi connectivity index (χ2n) is 4.76. The molecule has 1 amide bonds. The van der Waals surface area contributed by atoms with E-state index in [4.69, 9.17) is 4.74 Å². The molecule has 0 spiro atoms. The van der Waals surface area contributed by atoms with E-state index in [-0.39, 0.29) is 24.2 Å². The van der Waals surface area contributed by atoms with Gasteiger partial charge in [-0.15, -0.1) is 0 Å². The van der Waals surface area contributed by atoms with Crippen molar-refractivity contribution in [2.75, 3.05) is 13.1 Å². The van der Waals surface area contributed by atoms with Crippen molar-refractivity contribution in [3.8, 4) is 0 Å². The van der Waals surface area contributed by atoms with Gasteiger partial charge in [-0.25, -0.2) is 0 Å². The van der Waals surface area contributed by atoms with E-state index in [1.165, 1.54) is 0 Å². The summed E-state index contributed by atoms with van der Waals surface area (Å²) in [6.45, 7) is 6.05. The molecule has 2 fully saturated rings. The third-order valence-corrected chi connectivity index (χ3v) is 3.37. The Kier molecular flexibility index (Phi) is 3.26. The quantitative estimate of drug-likeness (QED) is 0.691. The van der Waals surface area contributed by atoms with Crippen molar-refractivity contribution >= 4 is 5.91 Å². The molecule has 0 aromatic rings. The lowest BCUT2D eigenvalue weighted by molar-refractivity contribution is -0.132. The van der Waals surface area contributed by atoms with Gasteiger partial charge in [-0.05, 0) is 32.2 Å². The Bertz CT molecular complexity index is 245. The van der Waals surface area contributed by atoms with Crippen LogP contribution in [0.15, 0.2) is 0 Å². The van der Waals surface area contributed by atoms with Gasteiger partial charge in [-0.2, -0.15) is 0 Å². The van der Waals surface area contributed by atoms with E-state index in [9.17, 15) is 4.79 Å². The van der Waals surface area contributed by atoms with Crippen LogP contribution in [-0.4, -0.2) is 37.2 Å². The summed E-state index contributed by atoms with van der Waals surface area (Å²) in [6, 6.07) is 0.275. The van der Waals surface area contributed by atoms with Crippen LogP contribution in [0, 0.1) is 5.92 Å². The lowest BCUT2D eigenvalue weighted by Gasteiger charge is -2.19. The number of hydrogen-bond donors (Lipinski definition) is 2. The molecule has 0 aliphatic carbocycles. The zero-order chi connectivity index (χ0) is 10.8. The summed E-state index contributed by atoms with van der Waals surface area (Å²) >= 11 is 0. The standard InChI is InChI=1S/C11H20N2O2/c1-7-5-12-6-9(7)13-11(14)10-4-3-8(2)15-10/h7-10,12H,3-6H2,1-2H3,(H,13,14). The Morgan fingerprint density at radius 1 is 1.33 bits per heavy atom. The maximum absolute atomic E-state index is 11.8. The van der Waals surface area contributed by atoms with Gasteiger partial charge >= 0.3 is 0 Å². The van der Waals surface area contributed by atoms with Crippen LogP contribution in [0.2, 0.25) is 0 Å². The van der Waals surface area contributed by atoms with Crippen LogP contribution in [0.25, 0.3) is 0 Å². The van der Waals surface area contributed by atoms with Gasteiger partial charge in [0.25, 0.3) is 0 Å². The lowest BCUT2D eigenvalue weighted by Crippen LogP contribution is -2.44. The monoisotopic (exact) mass is 212 g/mol. The lowest BCUT2D eigenvalue weighted by atomic mass is 10.1. The van der Waals surface area contributed by atoms with Crippen molar-refractivity contribution in [2.24, 2.45) is 5.92 Å². The third kappa shape index (κ3) is 2.49. The SMILES string of the molecule is CC1CCC(C(=O)NC2CNCC2C)O1. The second-order valence-corrected chi connectivity index (χ2v) is 4.76. The molecule has 2 saturated heterocycles. The minimum absolute atomic E-state index is 0.0694. The minimum atomic E-state index is -0.215. The van der Waals surface area contributed by atoms with Crippen LogP contribution in [0.3, 0.4) is 0 Å². The molecule has 4 heteroatoms. The van der Waals surface area contributed by atoms with Crippen LogP contribution in [0.5, 0.6) is 0 Å². The molecular weight excluding hydrogens is 192 g/mol. The molecule has 2 heterocycles. The number of ether oxygens (including phenoxy) is 1. The predicted octanol–water partition coefficient (Wildman–Crippen LogP) is 0.278. The van der Waals surface area contributed by atoms with Crippen molar-refractivity contribution in [3.63, 3.8) is 0 Å². The van der Waals surface area contributed by atoms with Gasteiger partial charge in [-0.3, -0.25) is 4.79 Å². The van der Waals surface area contributed by atoms with E-state index in [1.54, 1.807) is 0 Å². The van der Waals surface area contributed by atoms with Crippen molar-refractivity contribution < 1.29 is 9.53 Å². The normalized spacial score (nSPS) is 40.7. The summed E-state index contributed by atoms with van der Waals surface area (Å²) in [6.07, 6.45) is 1.88. The zero-order valence-electron chi connectivity index (χ0n) is 9.45. The zero-order valence-corrected chi connectivity index (χ0v) is 9.45. The highest BCUT2D eigenvalue weighted by Crippen LogP contribution is 2.19. The summed E-state index contributed by atoms with van der Waals surface area (Å²) in [5.41, 5.74) is 0. The molecule has 2 rings (SSSR count). The molecule has 2 aliphatic heterocycles. The molecule has 86 valence electrons. The Labute approximate surface area is 90.8 Å². The fraction of sp³-hybridized carbons (Fsp3) is 0.909. The molecule has 2 aliphatic rings. The minimum Gasteiger partial charge on any atom is -0.365 e. The highest BCUT2D eigenvalue weighted by Gasteiger charge is 2.31. The largest absolute Gasteiger partial charge is 0.365 e. The van der Waals surface area contributed by atoms with Crippen LogP contribution in [-0.2, 0) is 9.53 Å². The average molecular weight is 212 g/mol. The maximum atomic E-state index is 11.8. The first kappa shape index (κ1) is 10.9. The van der Waals surface area contributed by atoms with Gasteiger partial charge in [0.1, 0.15) is 6.10 Å². The fourth-order valence-electron chi connectivity index (χ4n) is 2.27. The van der Waals surface area contributed by atoms with Crippen molar-refractivity contribution in [1.82, 2.24) is 10.6 Å². The first-order valence-electron chi connectivity index (χ1n) is 5.83. The first-order valence-corrected chi connectivity index (χ1v) is 5.83. The van der Waals surface area contributed by atoms with Crippen molar-refractivity contribution in [2.45, 2.75) is 44.9 Å². The van der Waals surface area contributed by atoms with Gasteiger partial charge in [0.15, 0.2) is 0 Å². The Morgan fingerprint density at radius 3 is 2.67 bits per heavy atom. The summed E-state index contributed by atoms with van der Waals surface area (Å²) in [7, 11) is 0. The van der Waals surface area contributed by atoms with Gasteiger partial charge in [-0.1, -0.05) is 6.92 Å². The van der Waals surface area contributed by atoms with Crippen molar-refractivity contribution in [3.05, 3.63) is 0 Å². The molecule has 0 bridgehead atoms. The summed E-state index contributed by atoms with van der Waals surface area (Å²) < 4.78 is 5.54. The number of rotatable bonds is 2. The van der Waals surface area contributed by atoms with Crippen LogP contribution >= 0.6 is 0 Å². The van der Waals surface area contributed by atoms with Gasteiger partial charge in [0, 0.05) is 12.6 Å². The van der Waals surface area contributed by atoms with Gasteiger partial charge in [0.2, 0.25) is 5.91 Å².